The summed E-state index contributed by atoms with van der Waals surface area (Å²) in [5.41, 5.74) is 14.1. The van der Waals surface area contributed by atoms with Crippen LogP contribution in [0.3, 0.4) is 0 Å². The van der Waals surface area contributed by atoms with Crippen LogP contribution >= 0.6 is 0 Å². The highest BCUT2D eigenvalue weighted by molar-refractivity contribution is 6.03. The summed E-state index contributed by atoms with van der Waals surface area (Å²) in [5, 5.41) is 0. The van der Waals surface area contributed by atoms with Crippen molar-refractivity contribution < 1.29 is 9.53 Å². The van der Waals surface area contributed by atoms with Crippen LogP contribution in [0.25, 0.3) is 0 Å². The van der Waals surface area contributed by atoms with E-state index in [9.17, 15) is 9.59 Å². The molecule has 0 saturated carbocycles. The molecule has 2 aliphatic heterocycles. The van der Waals surface area contributed by atoms with E-state index in [2.05, 4.69) is 9.98 Å². The number of aromatic nitrogens is 1. The van der Waals surface area contributed by atoms with Gasteiger partial charge in [0, 0.05) is 43.2 Å². The van der Waals surface area contributed by atoms with E-state index in [0.717, 1.165) is 18.4 Å². The number of aromatic amines is 1. The van der Waals surface area contributed by atoms with E-state index in [1.54, 1.807) is 18.2 Å². The lowest BCUT2D eigenvalue weighted by Crippen LogP contribution is -2.39. The van der Waals surface area contributed by atoms with Gasteiger partial charge in [0.05, 0.1) is 5.69 Å². The number of fused-ring (bicyclic) bond motifs is 1. The fourth-order valence-corrected chi connectivity index (χ4v) is 3.64. The predicted octanol–water partition coefficient (Wildman–Crippen LogP) is 1.13. The summed E-state index contributed by atoms with van der Waals surface area (Å²) in [7, 11) is 0. The van der Waals surface area contributed by atoms with Gasteiger partial charge in [0.2, 0.25) is 0 Å². The number of carbonyl (C=O) groups excluding carboxylic acids is 1. The molecule has 0 bridgehead atoms. The van der Waals surface area contributed by atoms with Crippen LogP contribution < -0.4 is 17.0 Å². The Labute approximate surface area is 155 Å². The minimum Gasteiger partial charge on any atom is -0.398 e. The van der Waals surface area contributed by atoms with Crippen molar-refractivity contribution in [3.05, 3.63) is 57.5 Å². The Bertz CT molecular complexity index is 976. The number of ether oxygens (including phenoxy) is 1. The molecule has 27 heavy (non-hydrogen) atoms. The number of pyridine rings is 1. The Morgan fingerprint density at radius 3 is 2.74 bits per heavy atom. The van der Waals surface area contributed by atoms with Crippen LogP contribution in [0.2, 0.25) is 0 Å². The molecule has 0 atom stereocenters. The van der Waals surface area contributed by atoms with Gasteiger partial charge in [-0.15, -0.1) is 0 Å². The topological polar surface area (TPSA) is 127 Å². The number of nitrogens with zero attached hydrogens (tertiary/aromatic N) is 2. The maximum absolute atomic E-state index is 12.7. The minimum absolute atomic E-state index is 0.0416. The van der Waals surface area contributed by atoms with E-state index in [-0.39, 0.29) is 29.0 Å². The van der Waals surface area contributed by atoms with Crippen LogP contribution in [0, 0.1) is 0 Å². The molecule has 5 N–H and O–H groups in total. The van der Waals surface area contributed by atoms with Gasteiger partial charge in [-0.1, -0.05) is 0 Å². The second-order valence-electron chi connectivity index (χ2n) is 6.75. The van der Waals surface area contributed by atoms with Gasteiger partial charge in [0.15, 0.2) is 0 Å². The number of aliphatic imine (C=N–C) groups is 1. The molecule has 2 aliphatic rings. The van der Waals surface area contributed by atoms with Crippen molar-refractivity contribution in [1.29, 1.82) is 0 Å². The zero-order valence-corrected chi connectivity index (χ0v) is 14.8. The number of benzene rings is 1. The molecule has 1 aromatic heterocycles. The van der Waals surface area contributed by atoms with Crippen LogP contribution in [-0.2, 0) is 11.3 Å². The third-order valence-electron chi connectivity index (χ3n) is 5.05. The molecular weight excluding hydrogens is 346 g/mol. The Kier molecular flexibility index (Phi) is 4.41. The molecule has 8 heteroatoms. The summed E-state index contributed by atoms with van der Waals surface area (Å²) in [6.45, 7) is 1.92. The number of hydrogen-bond donors (Lipinski definition) is 3. The van der Waals surface area contributed by atoms with Gasteiger partial charge in [-0.25, -0.2) is 4.99 Å². The molecule has 3 heterocycles. The van der Waals surface area contributed by atoms with Gasteiger partial charge in [-0.05, 0) is 42.7 Å². The maximum Gasteiger partial charge on any atom is 0.261 e. The summed E-state index contributed by atoms with van der Waals surface area (Å²) in [5.74, 6) is 0.0871. The number of amidine groups is 1. The van der Waals surface area contributed by atoms with Gasteiger partial charge in [-0.2, -0.15) is 0 Å². The number of H-pyrrole nitrogens is 1. The van der Waals surface area contributed by atoms with Crippen molar-refractivity contribution in [2.75, 3.05) is 18.9 Å². The maximum atomic E-state index is 12.7. The number of amides is 1. The summed E-state index contributed by atoms with van der Waals surface area (Å²) in [4.78, 5) is 33.4. The van der Waals surface area contributed by atoms with Gasteiger partial charge in [-0.3, -0.25) is 9.59 Å². The largest absolute Gasteiger partial charge is 0.398 e. The summed E-state index contributed by atoms with van der Waals surface area (Å²) in [6, 6.07) is 7.10. The van der Waals surface area contributed by atoms with E-state index >= 15 is 0 Å². The third-order valence-corrected chi connectivity index (χ3v) is 5.05. The first kappa shape index (κ1) is 17.3. The van der Waals surface area contributed by atoms with E-state index < -0.39 is 5.56 Å². The molecule has 0 radical (unpaired) electrons. The number of nitrogen functional groups attached to an aromatic ring is 1. The van der Waals surface area contributed by atoms with Crippen molar-refractivity contribution in [3.8, 4) is 0 Å². The standard InChI is InChI=1S/C19H21N5O3/c20-15-3-6-22-18(25)16(15)17(21)23-12-1-2-14-11(9-12)10-24(19(14)26)13-4-7-27-8-5-13/h1-3,6,9,13H,4-5,7-8,10H2,(H2,21,23)(H3,20,22,25). The normalized spacial score (nSPS) is 18.0. The van der Waals surface area contributed by atoms with Crippen LogP contribution in [0.4, 0.5) is 11.4 Å². The van der Waals surface area contributed by atoms with E-state index in [0.29, 0.717) is 31.0 Å². The molecule has 0 spiro atoms. The zero-order chi connectivity index (χ0) is 19.0. The molecule has 1 fully saturated rings. The van der Waals surface area contributed by atoms with Crippen molar-refractivity contribution in [2.45, 2.75) is 25.4 Å². The average molecular weight is 367 g/mol. The lowest BCUT2D eigenvalue weighted by Gasteiger charge is -2.30. The predicted molar refractivity (Wildman–Crippen MR) is 102 cm³/mol. The van der Waals surface area contributed by atoms with Crippen molar-refractivity contribution in [2.24, 2.45) is 10.7 Å². The molecule has 0 unspecified atom stereocenters. The van der Waals surface area contributed by atoms with E-state index in [1.807, 2.05) is 11.0 Å². The Morgan fingerprint density at radius 2 is 2.00 bits per heavy atom. The van der Waals surface area contributed by atoms with E-state index in [4.69, 9.17) is 16.2 Å². The first-order valence-electron chi connectivity index (χ1n) is 8.88. The highest BCUT2D eigenvalue weighted by Crippen LogP contribution is 2.30. The van der Waals surface area contributed by atoms with Crippen LogP contribution in [0.15, 0.2) is 40.2 Å². The number of nitrogens with two attached hydrogens (primary N) is 2. The fourth-order valence-electron chi connectivity index (χ4n) is 3.64. The first-order chi connectivity index (χ1) is 13.0. The number of carbonyl (C=O) groups is 1. The van der Waals surface area contributed by atoms with Gasteiger partial charge in [0.1, 0.15) is 11.4 Å². The van der Waals surface area contributed by atoms with Crippen LogP contribution in [0.1, 0.15) is 34.3 Å². The average Bonchev–Trinajstić information content (AvgIpc) is 2.98. The summed E-state index contributed by atoms with van der Waals surface area (Å²) in [6.07, 6.45) is 3.17. The van der Waals surface area contributed by atoms with Gasteiger partial charge >= 0.3 is 0 Å². The number of hydrogen-bond acceptors (Lipinski definition) is 5. The quantitative estimate of drug-likeness (QED) is 0.554. The van der Waals surface area contributed by atoms with Crippen molar-refractivity contribution in [3.63, 3.8) is 0 Å². The number of rotatable bonds is 3. The highest BCUT2D eigenvalue weighted by Gasteiger charge is 2.33. The number of anilines is 1. The fraction of sp³-hybridized carbons (Fsp3) is 0.316. The lowest BCUT2D eigenvalue weighted by atomic mass is 10.1. The number of nitrogens with one attached hydrogen (secondary N) is 1. The van der Waals surface area contributed by atoms with Crippen LogP contribution in [0.5, 0.6) is 0 Å². The highest BCUT2D eigenvalue weighted by atomic mass is 16.5. The zero-order valence-electron chi connectivity index (χ0n) is 14.8. The smallest absolute Gasteiger partial charge is 0.261 e. The minimum atomic E-state index is -0.390. The molecule has 4 rings (SSSR count). The van der Waals surface area contributed by atoms with Gasteiger partial charge in [0.25, 0.3) is 11.5 Å². The molecule has 140 valence electrons. The lowest BCUT2D eigenvalue weighted by molar-refractivity contribution is 0.0303. The molecule has 2 aromatic rings. The second kappa shape index (κ2) is 6.88. The Balaban J connectivity index is 1.62. The monoisotopic (exact) mass is 367 g/mol. The summed E-state index contributed by atoms with van der Waals surface area (Å²) < 4.78 is 5.39. The molecule has 0 aliphatic carbocycles. The molecular formula is C19H21N5O3. The molecule has 1 aromatic carbocycles. The second-order valence-corrected chi connectivity index (χ2v) is 6.75. The van der Waals surface area contributed by atoms with Crippen molar-refractivity contribution in [1.82, 2.24) is 9.88 Å². The van der Waals surface area contributed by atoms with Crippen molar-refractivity contribution >= 4 is 23.1 Å². The summed E-state index contributed by atoms with van der Waals surface area (Å²) >= 11 is 0. The molecule has 1 saturated heterocycles. The third kappa shape index (κ3) is 3.19. The Morgan fingerprint density at radius 1 is 1.22 bits per heavy atom. The Hall–Kier alpha value is -3.13. The van der Waals surface area contributed by atoms with Crippen LogP contribution in [-0.4, -0.2) is 40.9 Å². The van der Waals surface area contributed by atoms with Gasteiger partial charge < -0.3 is 26.1 Å². The van der Waals surface area contributed by atoms with E-state index in [1.165, 1.54) is 6.20 Å². The molecule has 1 amide bonds. The SMILES string of the molecule is NC(=Nc1ccc2c(c1)CN(C1CCOCC1)C2=O)c1c(N)cc[nH]c1=O. The molecule has 8 nitrogen and oxygen atoms in total. The first-order valence-corrected chi connectivity index (χ1v) is 8.88.